The van der Waals surface area contributed by atoms with Crippen LogP contribution >= 0.6 is 23.2 Å². The van der Waals surface area contributed by atoms with Gasteiger partial charge in [0.2, 0.25) is 11.4 Å². The maximum absolute atomic E-state index is 12.3. The Morgan fingerprint density at radius 2 is 1.84 bits per heavy atom. The summed E-state index contributed by atoms with van der Waals surface area (Å²) in [7, 11) is 0. The molecule has 7 heteroatoms. The van der Waals surface area contributed by atoms with Gasteiger partial charge in [-0.3, -0.25) is 9.79 Å². The zero-order valence-electron chi connectivity index (χ0n) is 12.7. The number of fused-ring (bicyclic) bond motifs is 1. The molecule has 0 radical (unpaired) electrons. The average molecular weight is 375 g/mol. The summed E-state index contributed by atoms with van der Waals surface area (Å²) < 4.78 is 0. The van der Waals surface area contributed by atoms with Crippen molar-refractivity contribution in [2.24, 2.45) is 10.7 Å². The number of benzene rings is 2. The largest absolute Gasteiger partial charge is 0.479 e. The molecule has 25 heavy (non-hydrogen) atoms. The third-order valence-corrected chi connectivity index (χ3v) is 4.41. The summed E-state index contributed by atoms with van der Waals surface area (Å²) in [6.07, 6.45) is 2.43. The highest BCUT2D eigenvalue weighted by Gasteiger charge is 2.46. The number of hydrogen-bond donors (Lipinski definition) is 2. The van der Waals surface area contributed by atoms with E-state index >= 15 is 0 Å². The van der Waals surface area contributed by atoms with Crippen LogP contribution in [0.5, 0.6) is 0 Å². The Morgan fingerprint density at radius 1 is 1.16 bits per heavy atom. The highest BCUT2D eigenvalue weighted by Crippen LogP contribution is 2.37. The highest BCUT2D eigenvalue weighted by atomic mass is 35.5. The molecule has 3 N–H and O–H groups in total. The first-order chi connectivity index (χ1) is 11.9. The van der Waals surface area contributed by atoms with Gasteiger partial charge in [-0.1, -0.05) is 53.5 Å². The van der Waals surface area contributed by atoms with Crippen LogP contribution in [0, 0.1) is 0 Å². The average Bonchev–Trinajstić information content (AvgIpc) is 2.89. The molecule has 0 spiro atoms. The van der Waals surface area contributed by atoms with Gasteiger partial charge in [0.1, 0.15) is 0 Å². The van der Waals surface area contributed by atoms with Gasteiger partial charge in [-0.05, 0) is 23.8 Å². The Kier molecular flexibility index (Phi) is 4.37. The molecule has 0 saturated heterocycles. The fraction of sp³-hybridized carbons (Fsp3) is 0.0556. The summed E-state index contributed by atoms with van der Waals surface area (Å²) in [5.41, 5.74) is 4.12. The van der Waals surface area contributed by atoms with Crippen molar-refractivity contribution in [1.29, 1.82) is 0 Å². The number of carboxylic acids is 1. The summed E-state index contributed by atoms with van der Waals surface area (Å²) in [6, 6.07) is 11.5. The summed E-state index contributed by atoms with van der Waals surface area (Å²) >= 11 is 12.3. The summed E-state index contributed by atoms with van der Waals surface area (Å²) in [4.78, 5) is 27.9. The Morgan fingerprint density at radius 3 is 2.44 bits per heavy atom. The number of carbonyl (C=O) groups is 2. The Hall–Kier alpha value is -2.63. The lowest BCUT2D eigenvalue weighted by molar-refractivity contribution is -0.141. The van der Waals surface area contributed by atoms with Crippen LogP contribution in [0.25, 0.3) is 5.57 Å². The van der Waals surface area contributed by atoms with Crippen molar-refractivity contribution < 1.29 is 14.7 Å². The second-order valence-electron chi connectivity index (χ2n) is 5.42. The number of carboxylic acid groups (broad SMARTS) is 1. The minimum Gasteiger partial charge on any atom is -0.479 e. The molecular weight excluding hydrogens is 363 g/mol. The normalized spacial score (nSPS) is 18.9. The molecule has 0 aromatic heterocycles. The summed E-state index contributed by atoms with van der Waals surface area (Å²) in [6.45, 7) is 0. The molecule has 1 unspecified atom stereocenters. The molecule has 3 rings (SSSR count). The zero-order valence-corrected chi connectivity index (χ0v) is 14.3. The predicted molar refractivity (Wildman–Crippen MR) is 94.7 cm³/mol. The SMILES string of the molecule is NC(=O)C=CC1=c2c(Cl)cc(Cl)cc2=NC1(C(=O)O)c1ccccc1. The van der Waals surface area contributed by atoms with E-state index in [1.54, 1.807) is 30.3 Å². The number of hydrogen-bond acceptors (Lipinski definition) is 3. The van der Waals surface area contributed by atoms with Gasteiger partial charge in [-0.25, -0.2) is 4.79 Å². The molecule has 2 aromatic rings. The first-order valence-electron chi connectivity index (χ1n) is 7.22. The van der Waals surface area contributed by atoms with Gasteiger partial charge < -0.3 is 10.8 Å². The lowest BCUT2D eigenvalue weighted by Crippen LogP contribution is -2.34. The molecule has 0 bridgehead atoms. The van der Waals surface area contributed by atoms with Gasteiger partial charge in [-0.2, -0.15) is 0 Å². The first-order valence-corrected chi connectivity index (χ1v) is 7.98. The fourth-order valence-corrected chi connectivity index (χ4v) is 3.48. The van der Waals surface area contributed by atoms with Crippen LogP contribution < -0.4 is 16.3 Å². The smallest absolute Gasteiger partial charge is 0.341 e. The monoisotopic (exact) mass is 374 g/mol. The highest BCUT2D eigenvalue weighted by molar-refractivity contribution is 6.34. The summed E-state index contributed by atoms with van der Waals surface area (Å²) in [5.74, 6) is -1.91. The molecule has 1 aliphatic rings. The van der Waals surface area contributed by atoms with Crippen LogP contribution in [0.2, 0.25) is 10.0 Å². The van der Waals surface area contributed by atoms with Crippen molar-refractivity contribution in [3.63, 3.8) is 0 Å². The zero-order chi connectivity index (χ0) is 18.2. The molecule has 2 aromatic carbocycles. The van der Waals surface area contributed by atoms with Gasteiger partial charge in [-0.15, -0.1) is 0 Å². The van der Waals surface area contributed by atoms with Crippen molar-refractivity contribution in [2.45, 2.75) is 5.54 Å². The quantitative estimate of drug-likeness (QED) is 0.799. The van der Waals surface area contributed by atoms with E-state index in [1.165, 1.54) is 18.2 Å². The third kappa shape index (κ3) is 2.81. The molecule has 0 saturated carbocycles. The van der Waals surface area contributed by atoms with E-state index in [0.717, 1.165) is 6.08 Å². The van der Waals surface area contributed by atoms with E-state index in [0.29, 0.717) is 21.2 Å². The number of aliphatic carboxylic acids is 1. The van der Waals surface area contributed by atoms with Gasteiger partial charge in [0.15, 0.2) is 0 Å². The van der Waals surface area contributed by atoms with Crippen molar-refractivity contribution in [3.05, 3.63) is 80.8 Å². The lowest BCUT2D eigenvalue weighted by atomic mass is 9.83. The topological polar surface area (TPSA) is 92.8 Å². The molecule has 1 atom stereocenters. The minimum atomic E-state index is -1.75. The molecule has 126 valence electrons. The van der Waals surface area contributed by atoms with E-state index in [2.05, 4.69) is 4.99 Å². The predicted octanol–water partition coefficient (Wildman–Crippen LogP) is 1.80. The molecule has 1 amide bonds. The van der Waals surface area contributed by atoms with Gasteiger partial charge in [0.25, 0.3) is 0 Å². The second kappa shape index (κ2) is 6.35. The van der Waals surface area contributed by atoms with Crippen molar-refractivity contribution >= 4 is 40.7 Å². The van der Waals surface area contributed by atoms with Crippen LogP contribution in [0.3, 0.4) is 0 Å². The number of primary amides is 1. The molecule has 1 heterocycles. The first kappa shape index (κ1) is 17.2. The van der Waals surface area contributed by atoms with Gasteiger partial charge in [0, 0.05) is 21.9 Å². The number of nitrogens with zero attached hydrogens (tertiary/aromatic N) is 1. The van der Waals surface area contributed by atoms with Crippen molar-refractivity contribution in [2.75, 3.05) is 0 Å². The number of rotatable bonds is 4. The van der Waals surface area contributed by atoms with Crippen molar-refractivity contribution in [3.8, 4) is 0 Å². The van der Waals surface area contributed by atoms with Crippen molar-refractivity contribution in [1.82, 2.24) is 0 Å². The molecule has 5 nitrogen and oxygen atoms in total. The standard InChI is InChI=1S/C18H12Cl2N2O3/c19-11-8-13(20)16-12(6-7-15(21)23)18(17(24)25,22-14(16)9-11)10-4-2-1-3-5-10/h1-9H,(H2,21,23)(H,24,25). The van der Waals surface area contributed by atoms with Crippen LogP contribution in [-0.4, -0.2) is 17.0 Å². The lowest BCUT2D eigenvalue weighted by Gasteiger charge is -2.24. The Labute approximate surface area is 152 Å². The third-order valence-electron chi connectivity index (χ3n) is 3.90. The minimum absolute atomic E-state index is 0.245. The van der Waals surface area contributed by atoms with Crippen LogP contribution in [0.1, 0.15) is 5.56 Å². The summed E-state index contributed by atoms with van der Waals surface area (Å²) in [5, 5.41) is 11.4. The number of nitrogens with two attached hydrogens (primary N) is 1. The van der Waals surface area contributed by atoms with Gasteiger partial charge >= 0.3 is 5.97 Å². The van der Waals surface area contributed by atoms with Crippen LogP contribution in [0.4, 0.5) is 0 Å². The number of carbonyl (C=O) groups excluding carboxylic acids is 1. The molecule has 0 aliphatic carbocycles. The molecular formula is C18H12Cl2N2O3. The number of amides is 1. The van der Waals surface area contributed by atoms with E-state index < -0.39 is 17.4 Å². The number of halogens is 2. The van der Waals surface area contributed by atoms with E-state index in [4.69, 9.17) is 28.9 Å². The maximum Gasteiger partial charge on any atom is 0.341 e. The molecule has 1 aliphatic heterocycles. The van der Waals surface area contributed by atoms with Crippen LogP contribution in [0.15, 0.2) is 59.6 Å². The Bertz CT molecular complexity index is 1030. The Balaban J connectivity index is 2.47. The maximum atomic E-state index is 12.3. The fourth-order valence-electron chi connectivity index (χ4n) is 2.89. The van der Waals surface area contributed by atoms with E-state index in [9.17, 15) is 14.7 Å². The van der Waals surface area contributed by atoms with Gasteiger partial charge in [0.05, 0.1) is 10.4 Å². The molecule has 0 fully saturated rings. The second-order valence-corrected chi connectivity index (χ2v) is 6.27. The van der Waals surface area contributed by atoms with E-state index in [1.807, 2.05) is 0 Å². The van der Waals surface area contributed by atoms with Crippen LogP contribution in [-0.2, 0) is 15.1 Å². The van der Waals surface area contributed by atoms with E-state index in [-0.39, 0.29) is 10.6 Å².